The van der Waals surface area contributed by atoms with Gasteiger partial charge in [0.05, 0.1) is 11.8 Å². The van der Waals surface area contributed by atoms with E-state index in [1.807, 2.05) is 26.6 Å². The van der Waals surface area contributed by atoms with Gasteiger partial charge in [0.25, 0.3) is 0 Å². The lowest BCUT2D eigenvalue weighted by Crippen LogP contribution is -2.57. The normalized spacial score (nSPS) is 34.7. The number of rotatable bonds is 11. The van der Waals surface area contributed by atoms with Gasteiger partial charge in [0.1, 0.15) is 0 Å². The molecule has 0 bridgehead atoms. The number of fused-ring (bicyclic) bond motifs is 5. The summed E-state index contributed by atoms with van der Waals surface area (Å²) >= 11 is 0. The largest absolute Gasteiger partial charge is 0.382 e. The molecular weight excluding hydrogens is 566 g/mol. The Morgan fingerprint density at radius 1 is 1.02 bits per heavy atom. The zero-order valence-corrected chi connectivity index (χ0v) is 30.8. The molecule has 8 atom stereocenters. The van der Waals surface area contributed by atoms with E-state index in [2.05, 4.69) is 83.4 Å². The number of methoxy groups -OCH3 is 1. The molecular formula is C41H63N3O2. The third-order valence-electron chi connectivity index (χ3n) is 14.0. The highest BCUT2D eigenvalue weighted by molar-refractivity contribution is 6.00. The van der Waals surface area contributed by atoms with Crippen LogP contribution in [0.3, 0.4) is 0 Å². The number of ketones is 1. The summed E-state index contributed by atoms with van der Waals surface area (Å²) in [4.78, 5) is 25.4. The molecule has 46 heavy (non-hydrogen) atoms. The second-order valence-corrected chi connectivity index (χ2v) is 17.0. The SMILES string of the molecule is C=C(CC12CCC3C(CCC4C(C)(CCC(C)OC)C(C)CCC34C)C1=C(C(C)C)C(=O)C2)N(C)C(=C)c1ncc(C(C)C)cn1. The molecule has 0 saturated heterocycles. The average Bonchev–Trinajstić information content (AvgIpc) is 3.33. The van der Waals surface area contributed by atoms with Crippen LogP contribution in [0.25, 0.3) is 5.70 Å². The molecule has 0 spiro atoms. The van der Waals surface area contributed by atoms with Crippen molar-refractivity contribution in [3.05, 3.63) is 53.8 Å². The molecule has 5 heteroatoms. The van der Waals surface area contributed by atoms with E-state index in [1.165, 1.54) is 44.1 Å². The van der Waals surface area contributed by atoms with Crippen LogP contribution < -0.4 is 0 Å². The van der Waals surface area contributed by atoms with Crippen molar-refractivity contribution in [3.63, 3.8) is 0 Å². The van der Waals surface area contributed by atoms with Crippen LogP contribution in [0.1, 0.15) is 137 Å². The molecule has 4 aliphatic carbocycles. The first-order chi connectivity index (χ1) is 21.6. The van der Waals surface area contributed by atoms with Gasteiger partial charge in [-0.25, -0.2) is 9.97 Å². The van der Waals surface area contributed by atoms with Crippen LogP contribution in [0.15, 0.2) is 42.4 Å². The first-order valence-corrected chi connectivity index (χ1v) is 18.3. The van der Waals surface area contributed by atoms with Gasteiger partial charge in [0.2, 0.25) is 0 Å². The van der Waals surface area contributed by atoms with Crippen LogP contribution in [0.4, 0.5) is 0 Å². The Bertz CT molecular complexity index is 1360. The second kappa shape index (κ2) is 13.0. The van der Waals surface area contributed by atoms with E-state index < -0.39 is 0 Å². The number of ether oxygens (including phenoxy) is 1. The molecule has 0 aromatic carbocycles. The van der Waals surface area contributed by atoms with E-state index in [0.717, 1.165) is 47.7 Å². The zero-order chi connectivity index (χ0) is 33.8. The minimum absolute atomic E-state index is 0.145. The molecule has 0 radical (unpaired) electrons. The molecule has 1 heterocycles. The van der Waals surface area contributed by atoms with Crippen LogP contribution in [0, 0.1) is 45.8 Å². The molecule has 3 saturated carbocycles. The molecule has 1 aromatic rings. The Morgan fingerprint density at radius 3 is 2.30 bits per heavy atom. The Hall–Kier alpha value is -2.27. The lowest BCUT2D eigenvalue weighted by molar-refractivity contribution is -0.140. The molecule has 4 aliphatic rings. The Morgan fingerprint density at radius 2 is 1.70 bits per heavy atom. The summed E-state index contributed by atoms with van der Waals surface area (Å²) in [7, 11) is 3.89. The van der Waals surface area contributed by atoms with Crippen LogP contribution in [-0.2, 0) is 9.53 Å². The topological polar surface area (TPSA) is 55.3 Å². The summed E-state index contributed by atoms with van der Waals surface area (Å²) in [5, 5.41) is 0. The molecule has 1 aromatic heterocycles. The summed E-state index contributed by atoms with van der Waals surface area (Å²) in [6.45, 7) is 27.8. The number of allylic oxidation sites excluding steroid dienone is 3. The summed E-state index contributed by atoms with van der Waals surface area (Å²) in [6, 6.07) is 0. The highest BCUT2D eigenvalue weighted by Gasteiger charge is 2.62. The van der Waals surface area contributed by atoms with Gasteiger partial charge in [-0.05, 0) is 122 Å². The van der Waals surface area contributed by atoms with Crippen LogP contribution in [0.2, 0.25) is 0 Å². The fraction of sp³-hybridized carbons (Fsp3) is 0.732. The van der Waals surface area contributed by atoms with Crippen LogP contribution >= 0.6 is 0 Å². The summed E-state index contributed by atoms with van der Waals surface area (Å²) in [5.74, 6) is 4.21. The minimum atomic E-state index is -0.145. The number of hydrogen-bond donors (Lipinski definition) is 0. The number of nitrogens with zero attached hydrogens (tertiary/aromatic N) is 3. The fourth-order valence-electron chi connectivity index (χ4n) is 10.9. The lowest BCUT2D eigenvalue weighted by atomic mass is 9.40. The van der Waals surface area contributed by atoms with Crippen molar-refractivity contribution in [3.8, 4) is 0 Å². The van der Waals surface area contributed by atoms with Crippen molar-refractivity contribution in [1.29, 1.82) is 0 Å². The van der Waals surface area contributed by atoms with Gasteiger partial charge < -0.3 is 9.64 Å². The van der Waals surface area contributed by atoms with Gasteiger partial charge in [-0.1, -0.05) is 67.2 Å². The lowest BCUT2D eigenvalue weighted by Gasteiger charge is -2.65. The summed E-state index contributed by atoms with van der Waals surface area (Å²) in [5.41, 5.74) is 6.04. The van der Waals surface area contributed by atoms with Gasteiger partial charge in [0, 0.05) is 44.1 Å². The van der Waals surface area contributed by atoms with E-state index in [4.69, 9.17) is 4.74 Å². The number of carbonyl (C=O) groups excluding carboxylic acids is 1. The van der Waals surface area contributed by atoms with Crippen molar-refractivity contribution in [2.45, 2.75) is 132 Å². The quantitative estimate of drug-likeness (QED) is 0.244. The molecule has 0 N–H and O–H groups in total. The van der Waals surface area contributed by atoms with Crippen molar-refractivity contribution >= 4 is 11.5 Å². The molecule has 254 valence electrons. The Kier molecular flexibility index (Phi) is 9.89. The maximum Gasteiger partial charge on any atom is 0.175 e. The zero-order valence-electron chi connectivity index (χ0n) is 30.8. The van der Waals surface area contributed by atoms with E-state index >= 15 is 0 Å². The third kappa shape index (κ3) is 5.86. The first kappa shape index (κ1) is 35.0. The van der Waals surface area contributed by atoms with Crippen molar-refractivity contribution in [2.75, 3.05) is 14.2 Å². The maximum absolute atomic E-state index is 14.0. The Balaban J connectivity index is 1.44. The van der Waals surface area contributed by atoms with Gasteiger partial charge in [-0.2, -0.15) is 0 Å². The minimum Gasteiger partial charge on any atom is -0.382 e. The van der Waals surface area contributed by atoms with E-state index in [-0.39, 0.29) is 11.3 Å². The van der Waals surface area contributed by atoms with Gasteiger partial charge in [-0.15, -0.1) is 0 Å². The number of carbonyl (C=O) groups is 1. The molecule has 8 unspecified atom stereocenters. The average molecular weight is 630 g/mol. The predicted molar refractivity (Wildman–Crippen MR) is 190 cm³/mol. The first-order valence-electron chi connectivity index (χ1n) is 18.3. The number of aromatic nitrogens is 2. The van der Waals surface area contributed by atoms with Crippen molar-refractivity contribution in [2.24, 2.45) is 45.8 Å². The van der Waals surface area contributed by atoms with E-state index in [1.54, 1.807) is 0 Å². The number of hydrogen-bond acceptors (Lipinski definition) is 5. The smallest absolute Gasteiger partial charge is 0.175 e. The van der Waals surface area contributed by atoms with Gasteiger partial charge in [-0.3, -0.25) is 4.79 Å². The maximum atomic E-state index is 14.0. The van der Waals surface area contributed by atoms with Crippen molar-refractivity contribution < 1.29 is 9.53 Å². The Labute approximate surface area is 280 Å². The van der Waals surface area contributed by atoms with Gasteiger partial charge >= 0.3 is 0 Å². The molecule has 5 nitrogen and oxygen atoms in total. The second-order valence-electron chi connectivity index (χ2n) is 17.0. The highest BCUT2D eigenvalue weighted by Crippen LogP contribution is 2.70. The summed E-state index contributed by atoms with van der Waals surface area (Å²) < 4.78 is 5.71. The molecule has 0 amide bonds. The van der Waals surface area contributed by atoms with E-state index in [9.17, 15) is 4.79 Å². The van der Waals surface area contributed by atoms with Gasteiger partial charge in [0.15, 0.2) is 11.6 Å². The fourth-order valence-corrected chi connectivity index (χ4v) is 10.9. The standard InChI is InChI=1S/C41H63N3O2/c1-25(2)31-23-42-38(43-24-31)30(8)44(11)28(6)21-41-20-17-33-32(37(41)36(26(3)4)34(45)22-41)13-14-35-39(9,19-16-29(7)46-12)27(5)15-18-40(33,35)10/h23-27,29,32-33,35H,6,8,13-22H2,1-5,7,9-12H3. The van der Waals surface area contributed by atoms with Crippen LogP contribution in [-0.4, -0.2) is 40.9 Å². The monoisotopic (exact) mass is 629 g/mol. The predicted octanol–water partition coefficient (Wildman–Crippen LogP) is 10.0. The molecule has 3 fully saturated rings. The summed E-state index contributed by atoms with van der Waals surface area (Å²) in [6.07, 6.45) is 15.3. The van der Waals surface area contributed by atoms with Crippen molar-refractivity contribution in [1.82, 2.24) is 14.9 Å². The molecule has 0 aliphatic heterocycles. The molecule has 5 rings (SSSR count). The van der Waals surface area contributed by atoms with Crippen LogP contribution in [0.5, 0.6) is 0 Å². The number of Topliss-reactive ketones (excluding diaryl/α,β-unsaturated/α-hetero) is 1. The van der Waals surface area contributed by atoms with E-state index in [0.29, 0.717) is 58.6 Å². The highest BCUT2D eigenvalue weighted by atomic mass is 16.5. The third-order valence-corrected chi connectivity index (χ3v) is 14.0.